The molecule has 4 rings (SSSR count). The van der Waals surface area contributed by atoms with E-state index in [2.05, 4.69) is 26.1 Å². The van der Waals surface area contributed by atoms with Gasteiger partial charge in [0.2, 0.25) is 0 Å². The maximum absolute atomic E-state index is 13.3. The van der Waals surface area contributed by atoms with Gasteiger partial charge in [-0.25, -0.2) is 4.99 Å². The Morgan fingerprint density at radius 1 is 1.29 bits per heavy atom. The number of carbonyl (C=O) groups excluding carboxylic acids is 1. The summed E-state index contributed by atoms with van der Waals surface area (Å²) < 4.78 is 16.5. The van der Waals surface area contributed by atoms with E-state index in [0.717, 1.165) is 41.2 Å². The molecule has 0 spiro atoms. The molecule has 0 aliphatic heterocycles. The summed E-state index contributed by atoms with van der Waals surface area (Å²) in [6, 6.07) is 9.40. The van der Waals surface area contributed by atoms with Gasteiger partial charge >= 0.3 is 0 Å². The Kier molecular flexibility index (Phi) is 7.65. The number of methoxy groups -OCH3 is 1. The molecule has 1 aromatic carbocycles. The number of hydrogen-bond acceptors (Lipinski definition) is 6. The molecule has 35 heavy (non-hydrogen) atoms. The quantitative estimate of drug-likeness (QED) is 0.359. The van der Waals surface area contributed by atoms with Crippen molar-refractivity contribution >= 4 is 28.5 Å². The second-order valence-electron chi connectivity index (χ2n) is 9.85. The normalized spacial score (nSPS) is 15.7. The van der Waals surface area contributed by atoms with Gasteiger partial charge in [-0.3, -0.25) is 4.79 Å². The maximum Gasteiger partial charge on any atom is 0.255 e. The van der Waals surface area contributed by atoms with Crippen LogP contribution in [0.1, 0.15) is 66.2 Å². The van der Waals surface area contributed by atoms with Gasteiger partial charge in [0.15, 0.2) is 11.5 Å². The molecular formula is C28H34N2O4S. The average Bonchev–Trinajstić information content (AvgIpc) is 3.48. The number of nitrogens with one attached hydrogen (secondary N) is 1. The number of carbonyl (C=O) groups is 1. The van der Waals surface area contributed by atoms with E-state index in [1.165, 1.54) is 4.88 Å². The van der Waals surface area contributed by atoms with Gasteiger partial charge in [0.1, 0.15) is 10.8 Å². The van der Waals surface area contributed by atoms with Gasteiger partial charge in [-0.1, -0.05) is 20.8 Å². The molecule has 0 unspecified atom stereocenters. The number of nitrogens with zero attached hydrogens (tertiary/aromatic N) is 1. The molecule has 6 nitrogen and oxygen atoms in total. The fraction of sp³-hybridized carbons (Fsp3) is 0.429. The first-order chi connectivity index (χ1) is 16.8. The fourth-order valence-corrected chi connectivity index (χ4v) is 5.75. The largest absolute Gasteiger partial charge is 0.493 e. The van der Waals surface area contributed by atoms with Crippen LogP contribution >= 0.6 is 11.3 Å². The van der Waals surface area contributed by atoms with Crippen LogP contribution in [0.25, 0.3) is 0 Å². The zero-order valence-electron chi connectivity index (χ0n) is 21.1. The summed E-state index contributed by atoms with van der Waals surface area (Å²) in [6.45, 7) is 9.75. The lowest BCUT2D eigenvalue weighted by Crippen LogP contribution is -2.28. The summed E-state index contributed by atoms with van der Waals surface area (Å²) in [5, 5.41) is 3.77. The molecule has 0 fully saturated rings. The molecule has 186 valence electrons. The molecule has 1 amide bonds. The van der Waals surface area contributed by atoms with Crippen LogP contribution in [0.3, 0.4) is 0 Å². The smallest absolute Gasteiger partial charge is 0.255 e. The van der Waals surface area contributed by atoms with E-state index in [0.29, 0.717) is 36.1 Å². The lowest BCUT2D eigenvalue weighted by molar-refractivity contribution is 0.0947. The highest BCUT2D eigenvalue weighted by Crippen LogP contribution is 2.45. The molecule has 0 bridgehead atoms. The molecule has 3 aromatic rings. The number of fused-ring (bicyclic) bond motifs is 1. The van der Waals surface area contributed by atoms with Gasteiger partial charge in [0.05, 0.1) is 32.1 Å². The van der Waals surface area contributed by atoms with Crippen molar-refractivity contribution in [3.05, 3.63) is 63.9 Å². The Morgan fingerprint density at radius 3 is 2.80 bits per heavy atom. The predicted molar refractivity (Wildman–Crippen MR) is 141 cm³/mol. The van der Waals surface area contributed by atoms with Gasteiger partial charge in [-0.15, -0.1) is 11.3 Å². The summed E-state index contributed by atoms with van der Waals surface area (Å²) in [6.07, 6.45) is 6.35. The lowest BCUT2D eigenvalue weighted by atomic mass is 9.72. The van der Waals surface area contributed by atoms with Crippen LogP contribution in [0.5, 0.6) is 11.5 Å². The van der Waals surface area contributed by atoms with Crippen LogP contribution in [-0.2, 0) is 19.4 Å². The van der Waals surface area contributed by atoms with Crippen molar-refractivity contribution < 1.29 is 18.7 Å². The van der Waals surface area contributed by atoms with E-state index < -0.39 is 0 Å². The third-order valence-electron chi connectivity index (χ3n) is 6.52. The van der Waals surface area contributed by atoms with E-state index in [4.69, 9.17) is 18.9 Å². The minimum absolute atomic E-state index is 0.107. The Morgan fingerprint density at radius 2 is 2.11 bits per heavy atom. The minimum atomic E-state index is -0.107. The predicted octanol–water partition coefficient (Wildman–Crippen LogP) is 6.58. The Balaban J connectivity index is 1.65. The van der Waals surface area contributed by atoms with Crippen molar-refractivity contribution in [1.29, 1.82) is 0 Å². The number of benzene rings is 1. The number of rotatable bonds is 8. The fourth-order valence-electron chi connectivity index (χ4n) is 4.48. The first-order valence-electron chi connectivity index (χ1n) is 12.1. The highest BCUT2D eigenvalue weighted by atomic mass is 32.1. The van der Waals surface area contributed by atoms with Crippen LogP contribution in [0.2, 0.25) is 0 Å². The van der Waals surface area contributed by atoms with E-state index in [-0.39, 0.29) is 11.3 Å². The van der Waals surface area contributed by atoms with Gasteiger partial charge in [-0.2, -0.15) is 0 Å². The highest BCUT2D eigenvalue weighted by molar-refractivity contribution is 7.16. The molecule has 1 aliphatic rings. The molecule has 0 saturated heterocycles. The number of aliphatic imine (C=N–C) groups is 1. The van der Waals surface area contributed by atoms with Crippen molar-refractivity contribution in [1.82, 2.24) is 5.32 Å². The summed E-state index contributed by atoms with van der Waals surface area (Å²) in [7, 11) is 1.62. The van der Waals surface area contributed by atoms with Crippen molar-refractivity contribution in [2.45, 2.75) is 53.5 Å². The monoisotopic (exact) mass is 494 g/mol. The van der Waals surface area contributed by atoms with Crippen LogP contribution in [0.4, 0.5) is 5.00 Å². The molecule has 0 saturated carbocycles. The number of hydrogen-bond donors (Lipinski definition) is 1. The first kappa shape index (κ1) is 25.0. The van der Waals surface area contributed by atoms with E-state index >= 15 is 0 Å². The number of thiophene rings is 1. The summed E-state index contributed by atoms with van der Waals surface area (Å²) in [5.74, 6) is 2.56. The van der Waals surface area contributed by atoms with Crippen molar-refractivity contribution in [2.75, 3.05) is 13.7 Å². The molecule has 1 aliphatic carbocycles. The minimum Gasteiger partial charge on any atom is -0.493 e. The lowest BCUT2D eigenvalue weighted by Gasteiger charge is -2.33. The third kappa shape index (κ3) is 5.78. The third-order valence-corrected chi connectivity index (χ3v) is 7.68. The Bertz CT molecular complexity index is 1190. The molecule has 0 radical (unpaired) electrons. The molecule has 1 N–H and O–H groups in total. The van der Waals surface area contributed by atoms with Gasteiger partial charge < -0.3 is 19.2 Å². The maximum atomic E-state index is 13.3. The van der Waals surface area contributed by atoms with Crippen molar-refractivity contribution in [3.63, 3.8) is 0 Å². The Hall–Kier alpha value is -3.06. The molecule has 7 heteroatoms. The number of furan rings is 1. The van der Waals surface area contributed by atoms with Crippen LogP contribution < -0.4 is 14.8 Å². The highest BCUT2D eigenvalue weighted by Gasteiger charge is 2.33. The van der Waals surface area contributed by atoms with Gasteiger partial charge in [0.25, 0.3) is 5.91 Å². The second kappa shape index (κ2) is 10.7. The van der Waals surface area contributed by atoms with Crippen LogP contribution in [0, 0.1) is 11.3 Å². The van der Waals surface area contributed by atoms with E-state index in [1.807, 2.05) is 37.3 Å². The van der Waals surface area contributed by atoms with Crippen molar-refractivity contribution in [2.24, 2.45) is 16.3 Å². The van der Waals surface area contributed by atoms with Gasteiger partial charge in [-0.05, 0) is 79.0 Å². The molecule has 1 atom stereocenters. The first-order valence-corrected chi connectivity index (χ1v) is 12.9. The standard InChI is InChI=1S/C28H34N2O4S/c1-6-33-22-12-9-18(14-23(22)32-5)16-30-27-25(26(31)29-17-20-8-7-13-34-20)21-11-10-19(28(2,3)4)15-24(21)35-27/h7-9,12-14,16,19H,6,10-11,15,17H2,1-5H3,(H,29,31)/t19-/m0/s1. The molecule has 2 heterocycles. The summed E-state index contributed by atoms with van der Waals surface area (Å²) >= 11 is 1.64. The summed E-state index contributed by atoms with van der Waals surface area (Å²) in [4.78, 5) is 19.4. The second-order valence-corrected chi connectivity index (χ2v) is 10.9. The topological polar surface area (TPSA) is 73.1 Å². The molecular weight excluding hydrogens is 460 g/mol. The van der Waals surface area contributed by atoms with Gasteiger partial charge in [0, 0.05) is 11.1 Å². The summed E-state index contributed by atoms with van der Waals surface area (Å²) in [5.41, 5.74) is 2.94. The van der Waals surface area contributed by atoms with E-state index in [9.17, 15) is 4.79 Å². The SMILES string of the molecule is CCOc1ccc(C=Nc2sc3c(c2C(=O)NCc2ccco2)CC[C@H](C(C)(C)C)C3)cc1OC. The van der Waals surface area contributed by atoms with E-state index in [1.54, 1.807) is 30.9 Å². The van der Waals surface area contributed by atoms with Crippen molar-refractivity contribution in [3.8, 4) is 11.5 Å². The Labute approximate surface area is 211 Å². The zero-order valence-corrected chi connectivity index (χ0v) is 22.0. The molecule has 2 aromatic heterocycles. The zero-order chi connectivity index (χ0) is 25.0. The number of ether oxygens (including phenoxy) is 2. The van der Waals surface area contributed by atoms with Crippen LogP contribution in [-0.4, -0.2) is 25.8 Å². The average molecular weight is 495 g/mol. The number of amides is 1. The van der Waals surface area contributed by atoms with Crippen LogP contribution in [0.15, 0.2) is 46.0 Å².